The summed E-state index contributed by atoms with van der Waals surface area (Å²) in [5, 5.41) is 20.1. The van der Waals surface area contributed by atoms with Crippen molar-refractivity contribution in [1.82, 2.24) is 4.90 Å². The van der Waals surface area contributed by atoms with E-state index in [9.17, 15) is 19.7 Å². The van der Waals surface area contributed by atoms with Gasteiger partial charge in [-0.2, -0.15) is 0 Å². The van der Waals surface area contributed by atoms with Crippen LogP contribution in [-0.2, 0) is 4.79 Å². The molecule has 1 saturated heterocycles. The van der Waals surface area contributed by atoms with E-state index in [1.54, 1.807) is 6.07 Å². The standard InChI is InChI=1S/C15H18N2O5S/c1-2-23-13-6-5-11(17(21)22)8-12(13)14(18)16-7-3-4-10(9-16)15(19)20/h5-6,8,10H,2-4,7,9H2,1H3,(H,19,20). The molecule has 0 bridgehead atoms. The summed E-state index contributed by atoms with van der Waals surface area (Å²) in [4.78, 5) is 36.5. The Hall–Kier alpha value is -2.09. The van der Waals surface area contributed by atoms with E-state index in [1.807, 2.05) is 6.92 Å². The van der Waals surface area contributed by atoms with Crippen molar-refractivity contribution in [1.29, 1.82) is 0 Å². The molecule has 1 aromatic carbocycles. The van der Waals surface area contributed by atoms with Crippen LogP contribution < -0.4 is 0 Å². The van der Waals surface area contributed by atoms with E-state index in [-0.39, 0.29) is 23.7 Å². The number of carbonyl (C=O) groups excluding carboxylic acids is 1. The average Bonchev–Trinajstić information content (AvgIpc) is 2.54. The van der Waals surface area contributed by atoms with Crippen LogP contribution in [0.1, 0.15) is 30.1 Å². The third-order valence-corrected chi connectivity index (χ3v) is 4.72. The van der Waals surface area contributed by atoms with Crippen molar-refractivity contribution < 1.29 is 19.6 Å². The Labute approximate surface area is 137 Å². The molecular formula is C15H18N2O5S. The quantitative estimate of drug-likeness (QED) is 0.503. The van der Waals surface area contributed by atoms with Gasteiger partial charge in [-0.05, 0) is 24.7 Å². The number of rotatable bonds is 5. The number of likely N-dealkylation sites (tertiary alicyclic amines) is 1. The van der Waals surface area contributed by atoms with Gasteiger partial charge >= 0.3 is 5.97 Å². The maximum Gasteiger partial charge on any atom is 0.308 e. The number of non-ortho nitro benzene ring substituents is 1. The monoisotopic (exact) mass is 338 g/mol. The number of aliphatic carboxylic acids is 1. The Morgan fingerprint density at radius 2 is 2.22 bits per heavy atom. The van der Waals surface area contributed by atoms with E-state index in [4.69, 9.17) is 5.11 Å². The molecule has 1 amide bonds. The topological polar surface area (TPSA) is 101 Å². The fraction of sp³-hybridized carbons (Fsp3) is 0.467. The Balaban J connectivity index is 2.30. The van der Waals surface area contributed by atoms with Crippen LogP contribution in [0, 0.1) is 16.0 Å². The van der Waals surface area contributed by atoms with Gasteiger partial charge in [-0.3, -0.25) is 19.7 Å². The number of carbonyl (C=O) groups is 2. The van der Waals surface area contributed by atoms with Crippen molar-refractivity contribution in [2.24, 2.45) is 5.92 Å². The van der Waals surface area contributed by atoms with Crippen LogP contribution in [0.25, 0.3) is 0 Å². The molecule has 1 fully saturated rings. The number of carboxylic acid groups (broad SMARTS) is 1. The number of nitro groups is 1. The fourth-order valence-corrected chi connectivity index (χ4v) is 3.39. The predicted octanol–water partition coefficient (Wildman–Crippen LogP) is 2.64. The molecule has 1 N–H and O–H groups in total. The van der Waals surface area contributed by atoms with Crippen LogP contribution in [-0.4, -0.2) is 45.6 Å². The first-order valence-corrected chi connectivity index (χ1v) is 8.36. The van der Waals surface area contributed by atoms with Crippen molar-refractivity contribution in [3.63, 3.8) is 0 Å². The van der Waals surface area contributed by atoms with E-state index < -0.39 is 16.8 Å². The van der Waals surface area contributed by atoms with E-state index in [2.05, 4.69) is 0 Å². The number of nitrogens with zero attached hydrogens (tertiary/aromatic N) is 2. The molecule has 1 unspecified atom stereocenters. The van der Waals surface area contributed by atoms with Gasteiger partial charge in [-0.25, -0.2) is 0 Å². The summed E-state index contributed by atoms with van der Waals surface area (Å²) in [7, 11) is 0. The highest BCUT2D eigenvalue weighted by Gasteiger charge is 2.30. The lowest BCUT2D eigenvalue weighted by Gasteiger charge is -2.31. The Bertz CT molecular complexity index is 634. The lowest BCUT2D eigenvalue weighted by atomic mass is 9.97. The van der Waals surface area contributed by atoms with Crippen LogP contribution in [0.4, 0.5) is 5.69 Å². The smallest absolute Gasteiger partial charge is 0.308 e. The summed E-state index contributed by atoms with van der Waals surface area (Å²) < 4.78 is 0. The van der Waals surface area contributed by atoms with Gasteiger partial charge in [0.15, 0.2) is 0 Å². The number of piperidine rings is 1. The number of hydrogen-bond donors (Lipinski definition) is 1. The van der Waals surface area contributed by atoms with Crippen LogP contribution in [0.3, 0.4) is 0 Å². The zero-order valence-corrected chi connectivity index (χ0v) is 13.5. The third-order valence-electron chi connectivity index (χ3n) is 3.76. The fourth-order valence-electron chi connectivity index (χ4n) is 2.61. The Kier molecular flexibility index (Phi) is 5.59. The molecule has 1 aliphatic heterocycles. The molecule has 0 radical (unpaired) electrons. The highest BCUT2D eigenvalue weighted by atomic mass is 32.2. The predicted molar refractivity (Wildman–Crippen MR) is 85.8 cm³/mol. The van der Waals surface area contributed by atoms with Gasteiger partial charge in [-0.1, -0.05) is 6.92 Å². The molecule has 1 atom stereocenters. The van der Waals surface area contributed by atoms with Gasteiger partial charge in [0.1, 0.15) is 0 Å². The molecule has 0 aromatic heterocycles. The van der Waals surface area contributed by atoms with Gasteiger partial charge in [0.05, 0.1) is 16.4 Å². The molecule has 124 valence electrons. The van der Waals surface area contributed by atoms with Crippen LogP contribution >= 0.6 is 11.8 Å². The van der Waals surface area contributed by atoms with Gasteiger partial charge in [0.2, 0.25) is 0 Å². The molecular weight excluding hydrogens is 320 g/mol. The SMILES string of the molecule is CCSc1ccc([N+](=O)[O-])cc1C(=O)N1CCCC(C(=O)O)C1. The number of nitro benzene ring substituents is 1. The number of hydrogen-bond acceptors (Lipinski definition) is 5. The molecule has 1 aliphatic rings. The van der Waals surface area contributed by atoms with Crippen molar-refractivity contribution in [3.05, 3.63) is 33.9 Å². The summed E-state index contributed by atoms with van der Waals surface area (Å²) >= 11 is 1.44. The molecule has 1 aromatic rings. The van der Waals surface area contributed by atoms with Crippen molar-refractivity contribution in [3.8, 4) is 0 Å². The summed E-state index contributed by atoms with van der Waals surface area (Å²) in [5.74, 6) is -1.09. The summed E-state index contributed by atoms with van der Waals surface area (Å²) in [6.07, 6.45) is 1.17. The first-order valence-electron chi connectivity index (χ1n) is 7.37. The second-order valence-corrected chi connectivity index (χ2v) is 6.60. The number of thioether (sulfide) groups is 1. The average molecular weight is 338 g/mol. The molecule has 1 heterocycles. The van der Waals surface area contributed by atoms with E-state index in [0.29, 0.717) is 24.3 Å². The van der Waals surface area contributed by atoms with E-state index >= 15 is 0 Å². The first-order chi connectivity index (χ1) is 10.9. The molecule has 8 heteroatoms. The van der Waals surface area contributed by atoms with Gasteiger partial charge in [-0.15, -0.1) is 11.8 Å². The largest absolute Gasteiger partial charge is 0.481 e. The van der Waals surface area contributed by atoms with Gasteiger partial charge in [0, 0.05) is 30.1 Å². The maximum absolute atomic E-state index is 12.7. The maximum atomic E-state index is 12.7. The molecule has 0 saturated carbocycles. The summed E-state index contributed by atoms with van der Waals surface area (Å²) in [6, 6.07) is 4.24. The Morgan fingerprint density at radius 3 is 2.83 bits per heavy atom. The molecule has 0 aliphatic carbocycles. The number of benzene rings is 1. The summed E-state index contributed by atoms with van der Waals surface area (Å²) in [6.45, 7) is 2.55. The van der Waals surface area contributed by atoms with E-state index in [1.165, 1.54) is 28.8 Å². The Morgan fingerprint density at radius 1 is 1.48 bits per heavy atom. The normalized spacial score (nSPS) is 17.8. The van der Waals surface area contributed by atoms with Gasteiger partial charge < -0.3 is 10.0 Å². The van der Waals surface area contributed by atoms with Crippen LogP contribution in [0.2, 0.25) is 0 Å². The summed E-state index contributed by atoms with van der Waals surface area (Å²) in [5.41, 5.74) is 0.137. The van der Waals surface area contributed by atoms with Crippen molar-refractivity contribution in [2.45, 2.75) is 24.7 Å². The van der Waals surface area contributed by atoms with Crippen LogP contribution in [0.5, 0.6) is 0 Å². The van der Waals surface area contributed by atoms with Crippen molar-refractivity contribution >= 4 is 29.3 Å². The second-order valence-electron chi connectivity index (χ2n) is 5.30. The highest BCUT2D eigenvalue weighted by molar-refractivity contribution is 7.99. The molecule has 0 spiro atoms. The van der Waals surface area contributed by atoms with Gasteiger partial charge in [0.25, 0.3) is 11.6 Å². The lowest BCUT2D eigenvalue weighted by Crippen LogP contribution is -2.42. The molecule has 7 nitrogen and oxygen atoms in total. The molecule has 2 rings (SSSR count). The minimum Gasteiger partial charge on any atom is -0.481 e. The molecule has 23 heavy (non-hydrogen) atoms. The minimum atomic E-state index is -0.912. The number of carboxylic acids is 1. The van der Waals surface area contributed by atoms with E-state index in [0.717, 1.165) is 5.75 Å². The second kappa shape index (κ2) is 7.45. The zero-order chi connectivity index (χ0) is 17.0. The highest BCUT2D eigenvalue weighted by Crippen LogP contribution is 2.29. The van der Waals surface area contributed by atoms with Crippen molar-refractivity contribution in [2.75, 3.05) is 18.8 Å². The number of amides is 1. The first kappa shape index (κ1) is 17.3. The van der Waals surface area contributed by atoms with Crippen LogP contribution in [0.15, 0.2) is 23.1 Å². The minimum absolute atomic E-state index is 0.138. The zero-order valence-electron chi connectivity index (χ0n) is 12.7. The third kappa shape index (κ3) is 4.01. The lowest BCUT2D eigenvalue weighted by molar-refractivity contribution is -0.384.